The first kappa shape index (κ1) is 19.4. The van der Waals surface area contributed by atoms with Gasteiger partial charge in [0, 0.05) is 17.2 Å². The van der Waals surface area contributed by atoms with Crippen molar-refractivity contribution in [1.82, 2.24) is 9.55 Å². The Bertz CT molecular complexity index is 1030. The Labute approximate surface area is 157 Å². The standard InChI is InChI=1S/C17H17N5O6/c1-2-17(20-21-18)13(24)12(27-15(25)10-6-4-3-5-7-10)14(28-17)22-9-8-11(23)19-16(22)26/h3-9,12-14,24H,2H2,1H3,(H,19,23,26)/t12?,13-,14?,17+/m0/s1. The zero-order valence-corrected chi connectivity index (χ0v) is 14.8. The average molecular weight is 387 g/mol. The molecule has 1 aliphatic rings. The van der Waals surface area contributed by atoms with Gasteiger partial charge in [-0.25, -0.2) is 9.59 Å². The van der Waals surface area contributed by atoms with E-state index in [4.69, 9.17) is 15.0 Å². The molecule has 4 atom stereocenters. The molecule has 1 aromatic carbocycles. The summed E-state index contributed by atoms with van der Waals surface area (Å²) in [6.45, 7) is 1.60. The first-order chi connectivity index (χ1) is 13.4. The summed E-state index contributed by atoms with van der Waals surface area (Å²) in [5.74, 6) is -0.761. The van der Waals surface area contributed by atoms with Crippen molar-refractivity contribution in [2.24, 2.45) is 5.11 Å². The van der Waals surface area contributed by atoms with Crippen molar-refractivity contribution >= 4 is 5.97 Å². The van der Waals surface area contributed by atoms with Crippen LogP contribution in [-0.4, -0.2) is 38.6 Å². The number of carbonyl (C=O) groups excluding carboxylic acids is 1. The molecule has 0 bridgehead atoms. The summed E-state index contributed by atoms with van der Waals surface area (Å²) in [4.78, 5) is 40.8. The quantitative estimate of drug-likeness (QED) is 0.338. The molecule has 2 N–H and O–H groups in total. The van der Waals surface area contributed by atoms with Crippen LogP contribution >= 0.6 is 0 Å². The molecule has 1 saturated heterocycles. The molecular weight excluding hydrogens is 370 g/mol. The van der Waals surface area contributed by atoms with Crippen molar-refractivity contribution in [3.63, 3.8) is 0 Å². The maximum atomic E-state index is 12.5. The highest BCUT2D eigenvalue weighted by Gasteiger charge is 2.56. The number of carbonyl (C=O) groups is 1. The van der Waals surface area contributed by atoms with E-state index in [1.165, 1.54) is 12.1 Å². The van der Waals surface area contributed by atoms with Crippen molar-refractivity contribution in [3.8, 4) is 0 Å². The Morgan fingerprint density at radius 3 is 2.71 bits per heavy atom. The number of hydrogen-bond acceptors (Lipinski definition) is 7. The molecule has 11 heteroatoms. The van der Waals surface area contributed by atoms with E-state index >= 15 is 0 Å². The molecule has 1 aromatic heterocycles. The van der Waals surface area contributed by atoms with Crippen molar-refractivity contribution < 1.29 is 19.4 Å². The largest absolute Gasteiger partial charge is 0.451 e. The van der Waals surface area contributed by atoms with Gasteiger partial charge in [0.15, 0.2) is 18.1 Å². The van der Waals surface area contributed by atoms with Crippen LogP contribution in [0.3, 0.4) is 0 Å². The zero-order valence-electron chi connectivity index (χ0n) is 14.8. The maximum Gasteiger partial charge on any atom is 0.338 e. The zero-order chi connectivity index (χ0) is 20.3. The summed E-state index contributed by atoms with van der Waals surface area (Å²) in [7, 11) is 0. The Kier molecular flexibility index (Phi) is 5.32. The molecule has 28 heavy (non-hydrogen) atoms. The molecular formula is C17H17N5O6. The van der Waals surface area contributed by atoms with Crippen LogP contribution in [0, 0.1) is 0 Å². The number of aromatic nitrogens is 2. The van der Waals surface area contributed by atoms with Crippen LogP contribution in [0.4, 0.5) is 0 Å². The predicted octanol–water partition coefficient (Wildman–Crippen LogP) is 1.07. The van der Waals surface area contributed by atoms with E-state index in [1.54, 1.807) is 25.1 Å². The molecule has 0 amide bonds. The topological polar surface area (TPSA) is 159 Å². The van der Waals surface area contributed by atoms with E-state index in [9.17, 15) is 19.5 Å². The van der Waals surface area contributed by atoms with E-state index in [2.05, 4.69) is 15.0 Å². The minimum absolute atomic E-state index is 0.0478. The number of aliphatic hydroxyl groups excluding tert-OH is 1. The number of aromatic amines is 1. The normalized spacial score (nSPS) is 26.4. The first-order valence-electron chi connectivity index (χ1n) is 8.41. The van der Waals surface area contributed by atoms with Gasteiger partial charge in [-0.2, -0.15) is 0 Å². The average Bonchev–Trinajstić information content (AvgIpc) is 2.95. The lowest BCUT2D eigenvalue weighted by Crippen LogP contribution is -2.43. The van der Waals surface area contributed by atoms with Gasteiger partial charge in [0.05, 0.1) is 5.56 Å². The Morgan fingerprint density at radius 2 is 2.11 bits per heavy atom. The summed E-state index contributed by atoms with van der Waals surface area (Å²) in [6, 6.07) is 9.11. The first-order valence-corrected chi connectivity index (χ1v) is 8.41. The fourth-order valence-electron chi connectivity index (χ4n) is 3.01. The molecule has 2 aromatic rings. The van der Waals surface area contributed by atoms with Crippen LogP contribution in [0.25, 0.3) is 10.4 Å². The van der Waals surface area contributed by atoms with Crippen molar-refractivity contribution in [1.29, 1.82) is 0 Å². The Balaban J connectivity index is 2.03. The molecule has 1 aliphatic heterocycles. The second-order valence-electron chi connectivity index (χ2n) is 6.09. The number of esters is 1. The molecule has 0 saturated carbocycles. The second-order valence-corrected chi connectivity index (χ2v) is 6.09. The number of rotatable bonds is 5. The third-order valence-electron chi connectivity index (χ3n) is 4.48. The van der Waals surface area contributed by atoms with Crippen LogP contribution in [0.5, 0.6) is 0 Å². The third kappa shape index (κ3) is 3.41. The fraction of sp³-hybridized carbons (Fsp3) is 0.353. The molecule has 0 spiro atoms. The SMILES string of the molecule is CC[C@@]1(N=[N+]=[N-])OC(n2ccc(=O)[nH]c2=O)C(OC(=O)c2ccccc2)[C@@H]1O. The van der Waals surface area contributed by atoms with Gasteiger partial charge in [0.2, 0.25) is 0 Å². The van der Waals surface area contributed by atoms with E-state index in [1.807, 2.05) is 0 Å². The maximum absolute atomic E-state index is 12.5. The number of nitrogens with zero attached hydrogens (tertiary/aromatic N) is 4. The molecule has 3 rings (SSSR count). The third-order valence-corrected chi connectivity index (χ3v) is 4.48. The van der Waals surface area contributed by atoms with Crippen LogP contribution in [0.2, 0.25) is 0 Å². The minimum atomic E-state index is -1.75. The highest BCUT2D eigenvalue weighted by atomic mass is 16.6. The number of azide groups is 1. The number of nitrogens with one attached hydrogen (secondary N) is 1. The minimum Gasteiger partial charge on any atom is -0.451 e. The van der Waals surface area contributed by atoms with Gasteiger partial charge >= 0.3 is 11.7 Å². The molecule has 2 heterocycles. The number of benzene rings is 1. The summed E-state index contributed by atoms with van der Waals surface area (Å²) in [5.41, 5.74) is 5.88. The summed E-state index contributed by atoms with van der Waals surface area (Å²) in [5, 5.41) is 14.3. The van der Waals surface area contributed by atoms with Crippen molar-refractivity contribution in [2.45, 2.75) is 37.5 Å². The van der Waals surface area contributed by atoms with Crippen LogP contribution in [0.1, 0.15) is 29.9 Å². The monoisotopic (exact) mass is 387 g/mol. The van der Waals surface area contributed by atoms with Gasteiger partial charge < -0.3 is 14.6 Å². The summed E-state index contributed by atoms with van der Waals surface area (Å²) in [6.07, 6.45) is -3.06. The predicted molar refractivity (Wildman–Crippen MR) is 95.3 cm³/mol. The smallest absolute Gasteiger partial charge is 0.338 e. The number of aliphatic hydroxyl groups is 1. The fourth-order valence-corrected chi connectivity index (χ4v) is 3.01. The van der Waals surface area contributed by atoms with Gasteiger partial charge in [0.1, 0.15) is 6.10 Å². The van der Waals surface area contributed by atoms with Gasteiger partial charge in [-0.15, -0.1) is 0 Å². The lowest BCUT2D eigenvalue weighted by Gasteiger charge is -2.25. The lowest BCUT2D eigenvalue weighted by atomic mass is 10.0. The van der Waals surface area contributed by atoms with E-state index in [0.717, 1.165) is 16.8 Å². The summed E-state index contributed by atoms with van der Waals surface area (Å²) < 4.78 is 12.1. The number of hydrogen-bond donors (Lipinski definition) is 2. The van der Waals surface area contributed by atoms with Crippen molar-refractivity contribution in [2.75, 3.05) is 0 Å². The van der Waals surface area contributed by atoms with Gasteiger partial charge in [-0.3, -0.25) is 14.3 Å². The highest BCUT2D eigenvalue weighted by Crippen LogP contribution is 2.41. The van der Waals surface area contributed by atoms with Gasteiger partial charge in [-0.1, -0.05) is 30.2 Å². The molecule has 0 aliphatic carbocycles. The highest BCUT2D eigenvalue weighted by molar-refractivity contribution is 5.89. The van der Waals surface area contributed by atoms with E-state index in [-0.39, 0.29) is 12.0 Å². The lowest BCUT2D eigenvalue weighted by molar-refractivity contribution is -0.103. The van der Waals surface area contributed by atoms with Crippen molar-refractivity contribution in [3.05, 3.63) is 79.4 Å². The molecule has 146 valence electrons. The van der Waals surface area contributed by atoms with E-state index in [0.29, 0.717) is 0 Å². The van der Waals surface area contributed by atoms with Crippen LogP contribution in [0.15, 0.2) is 57.3 Å². The second kappa shape index (κ2) is 7.69. The molecule has 0 radical (unpaired) electrons. The van der Waals surface area contributed by atoms with E-state index < -0.39 is 41.4 Å². The Hall–Kier alpha value is -3.40. The molecule has 2 unspecified atom stereocenters. The number of ether oxygens (including phenoxy) is 2. The Morgan fingerprint density at radius 1 is 1.39 bits per heavy atom. The van der Waals surface area contributed by atoms with Crippen LogP contribution in [-0.2, 0) is 9.47 Å². The summed E-state index contributed by atoms with van der Waals surface area (Å²) >= 11 is 0. The van der Waals surface area contributed by atoms with Gasteiger partial charge in [0.25, 0.3) is 5.56 Å². The van der Waals surface area contributed by atoms with Gasteiger partial charge in [-0.05, 0) is 24.1 Å². The molecule has 11 nitrogen and oxygen atoms in total. The number of H-pyrrole nitrogens is 1. The molecule has 1 fully saturated rings. The van der Waals surface area contributed by atoms with Crippen LogP contribution < -0.4 is 11.2 Å².